The first-order valence-electron chi connectivity index (χ1n) is 5.15. The predicted molar refractivity (Wildman–Crippen MR) is 75.3 cm³/mol. The van der Waals surface area contributed by atoms with Crippen molar-refractivity contribution >= 4 is 40.3 Å². The Kier molecular flexibility index (Phi) is 3.46. The molecule has 2 rings (SSSR count). The lowest BCUT2D eigenvalue weighted by atomic mass is 10.2. The van der Waals surface area contributed by atoms with Crippen LogP contribution in [0.25, 0.3) is 0 Å². The lowest BCUT2D eigenvalue weighted by Gasteiger charge is -2.11. The first kappa shape index (κ1) is 12.1. The molecule has 2 nitrogen and oxygen atoms in total. The van der Waals surface area contributed by atoms with E-state index in [0.717, 1.165) is 11.3 Å². The minimum absolute atomic E-state index is 0.585. The highest BCUT2D eigenvalue weighted by Crippen LogP contribution is 2.32. The number of nitrogen functional groups attached to an aromatic ring is 1. The highest BCUT2D eigenvalue weighted by Gasteiger charge is 2.05. The highest BCUT2D eigenvalue weighted by molar-refractivity contribution is 6.34. The molecule has 0 unspecified atom stereocenters. The third-order valence-electron chi connectivity index (χ3n) is 2.49. The second-order valence-electron chi connectivity index (χ2n) is 3.79. The molecular formula is C13H12Cl2N2. The quantitative estimate of drug-likeness (QED) is 0.778. The fourth-order valence-electron chi connectivity index (χ4n) is 1.49. The van der Waals surface area contributed by atoms with Crippen LogP contribution in [-0.2, 0) is 0 Å². The Balaban J connectivity index is 2.35. The Morgan fingerprint density at radius 1 is 1.06 bits per heavy atom. The van der Waals surface area contributed by atoms with Gasteiger partial charge in [-0.3, -0.25) is 0 Å². The average molecular weight is 267 g/mol. The maximum absolute atomic E-state index is 6.07. The molecule has 4 heteroatoms. The predicted octanol–water partition coefficient (Wildman–Crippen LogP) is 4.63. The van der Waals surface area contributed by atoms with Gasteiger partial charge in [-0.15, -0.1) is 0 Å². The van der Waals surface area contributed by atoms with Gasteiger partial charge in [0.15, 0.2) is 0 Å². The molecule has 0 bridgehead atoms. The zero-order chi connectivity index (χ0) is 12.4. The molecule has 0 atom stereocenters. The van der Waals surface area contributed by atoms with E-state index < -0.39 is 0 Å². The molecule has 0 aliphatic carbocycles. The molecule has 0 amide bonds. The Morgan fingerprint density at radius 2 is 1.82 bits per heavy atom. The van der Waals surface area contributed by atoms with E-state index in [-0.39, 0.29) is 0 Å². The van der Waals surface area contributed by atoms with Crippen LogP contribution in [0, 0.1) is 6.92 Å². The largest absolute Gasteiger partial charge is 0.397 e. The van der Waals surface area contributed by atoms with Crippen LogP contribution in [-0.4, -0.2) is 0 Å². The molecule has 2 aromatic carbocycles. The second-order valence-corrected chi connectivity index (χ2v) is 4.61. The second kappa shape index (κ2) is 4.86. The summed E-state index contributed by atoms with van der Waals surface area (Å²) in [7, 11) is 0. The van der Waals surface area contributed by atoms with Gasteiger partial charge in [-0.1, -0.05) is 35.3 Å². The molecule has 0 fully saturated rings. The fraction of sp³-hybridized carbons (Fsp3) is 0.0769. The summed E-state index contributed by atoms with van der Waals surface area (Å²) in [6, 6.07) is 11.1. The number of rotatable bonds is 2. The van der Waals surface area contributed by atoms with E-state index in [1.807, 2.05) is 31.2 Å². The van der Waals surface area contributed by atoms with E-state index in [2.05, 4.69) is 5.32 Å². The van der Waals surface area contributed by atoms with Crippen LogP contribution in [0.15, 0.2) is 36.4 Å². The number of benzene rings is 2. The number of halogens is 2. The van der Waals surface area contributed by atoms with Crippen molar-refractivity contribution in [3.8, 4) is 0 Å². The molecule has 0 radical (unpaired) electrons. The van der Waals surface area contributed by atoms with Crippen LogP contribution in [0.4, 0.5) is 17.1 Å². The lowest BCUT2D eigenvalue weighted by molar-refractivity contribution is 1.45. The van der Waals surface area contributed by atoms with Gasteiger partial charge in [0, 0.05) is 10.7 Å². The molecule has 0 aromatic heterocycles. The van der Waals surface area contributed by atoms with Crippen LogP contribution in [0.5, 0.6) is 0 Å². The third kappa shape index (κ3) is 2.65. The number of hydrogen-bond donors (Lipinski definition) is 2. The van der Waals surface area contributed by atoms with Crippen LogP contribution in [0.3, 0.4) is 0 Å². The maximum atomic E-state index is 6.07. The molecule has 0 saturated heterocycles. The number of para-hydroxylation sites is 1. The number of anilines is 3. The third-order valence-corrected chi connectivity index (χ3v) is 3.21. The first-order valence-corrected chi connectivity index (χ1v) is 5.90. The van der Waals surface area contributed by atoms with E-state index in [0.29, 0.717) is 21.4 Å². The van der Waals surface area contributed by atoms with E-state index in [4.69, 9.17) is 28.9 Å². The van der Waals surface area contributed by atoms with Crippen LogP contribution < -0.4 is 11.1 Å². The van der Waals surface area contributed by atoms with Gasteiger partial charge in [-0.2, -0.15) is 0 Å². The Labute approximate surface area is 110 Å². The van der Waals surface area contributed by atoms with Gasteiger partial charge >= 0.3 is 0 Å². The summed E-state index contributed by atoms with van der Waals surface area (Å²) in [4.78, 5) is 0. The van der Waals surface area contributed by atoms with Gasteiger partial charge in [0.2, 0.25) is 0 Å². The number of nitrogens with two attached hydrogens (primary N) is 1. The van der Waals surface area contributed by atoms with Crippen molar-refractivity contribution in [2.45, 2.75) is 6.92 Å². The SMILES string of the molecule is Cc1ccc(Nc2c(N)cccc2Cl)cc1Cl. The van der Waals surface area contributed by atoms with Gasteiger partial charge in [-0.05, 0) is 36.8 Å². The minimum Gasteiger partial charge on any atom is -0.397 e. The summed E-state index contributed by atoms with van der Waals surface area (Å²) in [6.07, 6.45) is 0. The van der Waals surface area contributed by atoms with Gasteiger partial charge in [0.25, 0.3) is 0 Å². The van der Waals surface area contributed by atoms with Crippen molar-refractivity contribution in [1.82, 2.24) is 0 Å². The molecule has 0 heterocycles. The normalized spacial score (nSPS) is 10.3. The minimum atomic E-state index is 0.585. The van der Waals surface area contributed by atoms with Gasteiger partial charge < -0.3 is 11.1 Å². The van der Waals surface area contributed by atoms with Gasteiger partial charge in [0.1, 0.15) is 0 Å². The summed E-state index contributed by atoms with van der Waals surface area (Å²) < 4.78 is 0. The Bertz CT molecular complexity index is 533. The summed E-state index contributed by atoms with van der Waals surface area (Å²) in [5, 5.41) is 4.46. The van der Waals surface area contributed by atoms with Crippen molar-refractivity contribution in [3.05, 3.63) is 52.0 Å². The molecule has 88 valence electrons. The van der Waals surface area contributed by atoms with Gasteiger partial charge in [0.05, 0.1) is 16.4 Å². The topological polar surface area (TPSA) is 38.0 Å². The maximum Gasteiger partial charge on any atom is 0.0807 e. The van der Waals surface area contributed by atoms with E-state index in [1.54, 1.807) is 12.1 Å². The van der Waals surface area contributed by atoms with Crippen molar-refractivity contribution in [1.29, 1.82) is 0 Å². The summed E-state index contributed by atoms with van der Waals surface area (Å²) in [5.74, 6) is 0. The molecule has 0 aliphatic heterocycles. The highest BCUT2D eigenvalue weighted by atomic mass is 35.5. The number of nitrogens with one attached hydrogen (secondary N) is 1. The molecule has 0 spiro atoms. The van der Waals surface area contributed by atoms with Crippen LogP contribution in [0.2, 0.25) is 10.0 Å². The van der Waals surface area contributed by atoms with Crippen LogP contribution in [0.1, 0.15) is 5.56 Å². The van der Waals surface area contributed by atoms with Crippen molar-refractivity contribution < 1.29 is 0 Å². The van der Waals surface area contributed by atoms with Gasteiger partial charge in [-0.25, -0.2) is 0 Å². The zero-order valence-electron chi connectivity index (χ0n) is 9.30. The fourth-order valence-corrected chi connectivity index (χ4v) is 1.90. The summed E-state index contributed by atoms with van der Waals surface area (Å²) in [5.41, 5.74) is 9.06. The lowest BCUT2D eigenvalue weighted by Crippen LogP contribution is -1.97. The first-order chi connectivity index (χ1) is 8.08. The van der Waals surface area contributed by atoms with Crippen LogP contribution >= 0.6 is 23.2 Å². The molecule has 2 aromatic rings. The molecule has 3 N–H and O–H groups in total. The number of aryl methyl sites for hydroxylation is 1. The Hall–Kier alpha value is -1.38. The molecule has 0 saturated carbocycles. The van der Waals surface area contributed by atoms with E-state index in [1.165, 1.54) is 0 Å². The molecule has 0 aliphatic rings. The van der Waals surface area contributed by atoms with Crippen molar-refractivity contribution in [2.24, 2.45) is 0 Å². The zero-order valence-corrected chi connectivity index (χ0v) is 10.8. The van der Waals surface area contributed by atoms with E-state index >= 15 is 0 Å². The summed E-state index contributed by atoms with van der Waals surface area (Å²) in [6.45, 7) is 1.95. The van der Waals surface area contributed by atoms with Crippen molar-refractivity contribution in [3.63, 3.8) is 0 Å². The Morgan fingerprint density at radius 3 is 2.47 bits per heavy atom. The summed E-state index contributed by atoms with van der Waals surface area (Å²) >= 11 is 12.1. The smallest absolute Gasteiger partial charge is 0.0807 e. The molecular weight excluding hydrogens is 255 g/mol. The average Bonchev–Trinajstić information content (AvgIpc) is 2.28. The van der Waals surface area contributed by atoms with Crippen molar-refractivity contribution in [2.75, 3.05) is 11.1 Å². The number of hydrogen-bond acceptors (Lipinski definition) is 2. The van der Waals surface area contributed by atoms with E-state index in [9.17, 15) is 0 Å². The molecule has 17 heavy (non-hydrogen) atoms. The monoisotopic (exact) mass is 266 g/mol. The standard InChI is InChI=1S/C13H12Cl2N2/c1-8-5-6-9(7-11(8)15)17-13-10(14)3-2-4-12(13)16/h2-7,17H,16H2,1H3.